The molecular weight excluding hydrogens is 311 g/mol. The molecular formula is C11H7Cl3N4O. The zero-order chi connectivity index (χ0) is 14.0. The van der Waals surface area contributed by atoms with Gasteiger partial charge in [-0.15, -0.1) is 0 Å². The van der Waals surface area contributed by atoms with Crippen molar-refractivity contribution in [1.82, 2.24) is 15.0 Å². The zero-order valence-corrected chi connectivity index (χ0v) is 11.9. The Morgan fingerprint density at radius 2 is 1.89 bits per heavy atom. The van der Waals surface area contributed by atoms with E-state index in [-0.39, 0.29) is 21.2 Å². The maximum atomic E-state index is 12.0. The van der Waals surface area contributed by atoms with Gasteiger partial charge in [0.05, 0.1) is 18.1 Å². The molecule has 2 aromatic rings. The molecule has 2 heterocycles. The van der Waals surface area contributed by atoms with E-state index in [2.05, 4.69) is 20.3 Å². The molecule has 0 bridgehead atoms. The predicted octanol–water partition coefficient (Wildman–Crippen LogP) is 3.39. The van der Waals surface area contributed by atoms with Crippen molar-refractivity contribution in [3.8, 4) is 0 Å². The fraction of sp³-hybridized carbons (Fsp3) is 0.0909. The topological polar surface area (TPSA) is 67.8 Å². The molecule has 0 saturated heterocycles. The molecule has 1 amide bonds. The highest BCUT2D eigenvalue weighted by Gasteiger charge is 2.14. The van der Waals surface area contributed by atoms with Gasteiger partial charge in [0, 0.05) is 0 Å². The second kappa shape index (κ2) is 5.69. The van der Waals surface area contributed by atoms with Crippen LogP contribution < -0.4 is 5.32 Å². The van der Waals surface area contributed by atoms with Crippen molar-refractivity contribution < 1.29 is 4.79 Å². The molecule has 0 radical (unpaired) electrons. The third-order valence-electron chi connectivity index (χ3n) is 2.22. The van der Waals surface area contributed by atoms with Gasteiger partial charge in [0.1, 0.15) is 16.0 Å². The lowest BCUT2D eigenvalue weighted by Gasteiger charge is -2.09. The van der Waals surface area contributed by atoms with E-state index < -0.39 is 5.91 Å². The first kappa shape index (κ1) is 14.0. The van der Waals surface area contributed by atoms with Crippen molar-refractivity contribution in [3.05, 3.63) is 45.2 Å². The fourth-order valence-corrected chi connectivity index (χ4v) is 2.10. The Morgan fingerprint density at radius 3 is 2.53 bits per heavy atom. The summed E-state index contributed by atoms with van der Waals surface area (Å²) in [5.41, 5.74) is 1.14. The van der Waals surface area contributed by atoms with Crippen LogP contribution in [0.3, 0.4) is 0 Å². The molecule has 0 aromatic carbocycles. The normalized spacial score (nSPS) is 10.3. The van der Waals surface area contributed by atoms with Crippen LogP contribution in [0.1, 0.15) is 16.1 Å². The average Bonchev–Trinajstić information content (AvgIpc) is 2.33. The zero-order valence-electron chi connectivity index (χ0n) is 9.62. The third kappa shape index (κ3) is 3.32. The number of nitrogens with one attached hydrogen (secondary N) is 1. The van der Waals surface area contributed by atoms with Crippen molar-refractivity contribution in [2.24, 2.45) is 0 Å². The summed E-state index contributed by atoms with van der Waals surface area (Å²) in [6.07, 6.45) is 2.63. The second-order valence-corrected chi connectivity index (χ2v) is 4.74. The number of aromatic nitrogens is 3. The summed E-state index contributed by atoms with van der Waals surface area (Å²) in [7, 11) is 0. The summed E-state index contributed by atoms with van der Waals surface area (Å²) >= 11 is 17.3. The van der Waals surface area contributed by atoms with Crippen LogP contribution in [0.2, 0.25) is 15.5 Å². The van der Waals surface area contributed by atoms with Gasteiger partial charge in [-0.25, -0.2) is 9.97 Å². The maximum absolute atomic E-state index is 12.0. The van der Waals surface area contributed by atoms with Gasteiger partial charge in [0.15, 0.2) is 5.15 Å². The highest BCUT2D eigenvalue weighted by molar-refractivity contribution is 6.35. The summed E-state index contributed by atoms with van der Waals surface area (Å²) in [6.45, 7) is 1.75. The number of hydrogen-bond donors (Lipinski definition) is 1. The number of hydrogen-bond acceptors (Lipinski definition) is 4. The fourth-order valence-electron chi connectivity index (χ4n) is 1.37. The summed E-state index contributed by atoms with van der Waals surface area (Å²) in [5.74, 6) is -0.482. The van der Waals surface area contributed by atoms with Crippen LogP contribution in [0.15, 0.2) is 18.5 Å². The molecule has 0 atom stereocenters. The summed E-state index contributed by atoms with van der Waals surface area (Å²) in [4.78, 5) is 23.4. The van der Waals surface area contributed by atoms with E-state index in [1.54, 1.807) is 13.0 Å². The quantitative estimate of drug-likeness (QED) is 0.862. The van der Waals surface area contributed by atoms with E-state index in [0.29, 0.717) is 11.3 Å². The van der Waals surface area contributed by atoms with Gasteiger partial charge in [0.2, 0.25) is 0 Å². The third-order valence-corrected chi connectivity index (χ3v) is 2.87. The number of nitrogens with zero attached hydrogens (tertiary/aromatic N) is 3. The monoisotopic (exact) mass is 316 g/mol. The number of pyridine rings is 1. The first-order valence-electron chi connectivity index (χ1n) is 5.09. The van der Waals surface area contributed by atoms with Crippen molar-refractivity contribution in [3.63, 3.8) is 0 Å². The van der Waals surface area contributed by atoms with E-state index in [1.165, 1.54) is 12.4 Å². The van der Waals surface area contributed by atoms with Crippen LogP contribution in [0.25, 0.3) is 0 Å². The van der Waals surface area contributed by atoms with Crippen LogP contribution in [0.4, 0.5) is 5.69 Å². The number of aryl methyl sites for hydroxylation is 1. The van der Waals surface area contributed by atoms with Gasteiger partial charge in [0.25, 0.3) is 5.91 Å². The van der Waals surface area contributed by atoms with Crippen LogP contribution in [0, 0.1) is 6.92 Å². The first-order valence-corrected chi connectivity index (χ1v) is 6.22. The molecule has 2 rings (SSSR count). The second-order valence-electron chi connectivity index (χ2n) is 3.61. The molecule has 0 unspecified atom stereocenters. The SMILES string of the molecule is Cc1cc(Cl)nc(Cl)c1NC(=O)c1cncc(Cl)n1. The number of anilines is 1. The molecule has 0 saturated carbocycles. The lowest BCUT2D eigenvalue weighted by atomic mass is 10.2. The molecule has 0 aliphatic heterocycles. The molecule has 0 fully saturated rings. The maximum Gasteiger partial charge on any atom is 0.276 e. The Hall–Kier alpha value is -1.43. The Labute approximate surface area is 123 Å². The minimum Gasteiger partial charge on any atom is -0.318 e. The summed E-state index contributed by atoms with van der Waals surface area (Å²) < 4.78 is 0. The van der Waals surface area contributed by atoms with Crippen molar-refractivity contribution in [2.75, 3.05) is 5.32 Å². The largest absolute Gasteiger partial charge is 0.318 e. The van der Waals surface area contributed by atoms with Crippen LogP contribution >= 0.6 is 34.8 Å². The smallest absolute Gasteiger partial charge is 0.276 e. The van der Waals surface area contributed by atoms with Gasteiger partial charge >= 0.3 is 0 Å². The molecule has 98 valence electrons. The standard InChI is InChI=1S/C11H7Cl3N4O/c1-5-2-7(12)17-10(14)9(5)18-11(19)6-3-15-4-8(13)16-6/h2-4H,1H3,(H,18,19). The molecule has 1 N–H and O–H groups in total. The van der Waals surface area contributed by atoms with Crippen molar-refractivity contribution >= 4 is 46.4 Å². The minimum absolute atomic E-state index is 0.0814. The Kier molecular flexibility index (Phi) is 4.19. The van der Waals surface area contributed by atoms with Gasteiger partial charge in [-0.1, -0.05) is 34.8 Å². The predicted molar refractivity (Wildman–Crippen MR) is 74.0 cm³/mol. The molecule has 5 nitrogen and oxygen atoms in total. The molecule has 0 aliphatic carbocycles. The highest BCUT2D eigenvalue weighted by Crippen LogP contribution is 2.26. The summed E-state index contributed by atoms with van der Waals surface area (Å²) in [5, 5.41) is 3.08. The Bertz CT molecular complexity index is 625. The number of rotatable bonds is 2. The van der Waals surface area contributed by atoms with Crippen LogP contribution in [0.5, 0.6) is 0 Å². The van der Waals surface area contributed by atoms with Gasteiger partial charge in [-0.05, 0) is 18.6 Å². The van der Waals surface area contributed by atoms with E-state index >= 15 is 0 Å². The van der Waals surface area contributed by atoms with Crippen LogP contribution in [-0.2, 0) is 0 Å². The number of halogens is 3. The number of amides is 1. The Morgan fingerprint density at radius 1 is 1.16 bits per heavy atom. The van der Waals surface area contributed by atoms with Crippen LogP contribution in [-0.4, -0.2) is 20.9 Å². The first-order chi connectivity index (χ1) is 8.97. The lowest BCUT2D eigenvalue weighted by Crippen LogP contribution is -2.15. The van der Waals surface area contributed by atoms with Gasteiger partial charge < -0.3 is 5.32 Å². The summed E-state index contributed by atoms with van der Waals surface area (Å²) in [6, 6.07) is 1.59. The molecule has 0 aliphatic rings. The van der Waals surface area contributed by atoms with E-state index in [0.717, 1.165) is 0 Å². The van der Waals surface area contributed by atoms with E-state index in [1.807, 2.05) is 0 Å². The number of carbonyl (C=O) groups is 1. The number of carbonyl (C=O) groups excluding carboxylic acids is 1. The molecule has 0 spiro atoms. The molecule has 19 heavy (non-hydrogen) atoms. The highest BCUT2D eigenvalue weighted by atomic mass is 35.5. The lowest BCUT2D eigenvalue weighted by molar-refractivity contribution is 0.102. The average molecular weight is 318 g/mol. The van der Waals surface area contributed by atoms with E-state index in [9.17, 15) is 4.79 Å². The van der Waals surface area contributed by atoms with Gasteiger partial charge in [-0.3, -0.25) is 9.78 Å². The van der Waals surface area contributed by atoms with Gasteiger partial charge in [-0.2, -0.15) is 0 Å². The molecule has 8 heteroatoms. The molecule has 2 aromatic heterocycles. The van der Waals surface area contributed by atoms with Crippen molar-refractivity contribution in [1.29, 1.82) is 0 Å². The van der Waals surface area contributed by atoms with E-state index in [4.69, 9.17) is 34.8 Å². The minimum atomic E-state index is -0.482. The van der Waals surface area contributed by atoms with Crippen molar-refractivity contribution in [2.45, 2.75) is 6.92 Å². The Balaban J connectivity index is 2.29.